The van der Waals surface area contributed by atoms with Gasteiger partial charge in [-0.3, -0.25) is 4.79 Å². The van der Waals surface area contributed by atoms with Gasteiger partial charge in [-0.15, -0.1) is 0 Å². The van der Waals surface area contributed by atoms with Gasteiger partial charge >= 0.3 is 0 Å². The van der Waals surface area contributed by atoms with E-state index in [-0.39, 0.29) is 4.90 Å². The highest BCUT2D eigenvalue weighted by molar-refractivity contribution is 7.89. The summed E-state index contributed by atoms with van der Waals surface area (Å²) in [5.41, 5.74) is 0.414. The lowest BCUT2D eigenvalue weighted by Gasteiger charge is -2.15. The van der Waals surface area contributed by atoms with Crippen LogP contribution in [-0.2, 0) is 14.8 Å². The number of para-hydroxylation sites is 1. The average Bonchev–Trinajstić information content (AvgIpc) is 2.49. The van der Waals surface area contributed by atoms with Crippen molar-refractivity contribution in [3.8, 4) is 0 Å². The number of rotatable bonds is 5. The fourth-order valence-electron chi connectivity index (χ4n) is 1.77. The van der Waals surface area contributed by atoms with Crippen LogP contribution in [0.2, 0.25) is 10.0 Å². The lowest BCUT2D eigenvalue weighted by molar-refractivity contribution is -0.117. The molecule has 0 aromatic heterocycles. The lowest BCUT2D eigenvalue weighted by Crippen LogP contribution is -2.41. The first-order chi connectivity index (χ1) is 10.8. The van der Waals surface area contributed by atoms with Crippen molar-refractivity contribution in [2.75, 3.05) is 5.32 Å². The first-order valence-corrected chi connectivity index (χ1v) is 8.87. The second-order valence-corrected chi connectivity index (χ2v) is 7.32. The molecule has 0 bridgehead atoms. The zero-order valence-corrected chi connectivity index (χ0v) is 14.4. The van der Waals surface area contributed by atoms with E-state index in [0.717, 1.165) is 0 Å². The third-order valence-electron chi connectivity index (χ3n) is 2.98. The Labute approximate surface area is 144 Å². The van der Waals surface area contributed by atoms with E-state index < -0.39 is 22.0 Å². The van der Waals surface area contributed by atoms with Crippen molar-refractivity contribution in [1.82, 2.24) is 4.72 Å². The molecule has 0 radical (unpaired) electrons. The maximum Gasteiger partial charge on any atom is 0.242 e. The van der Waals surface area contributed by atoms with E-state index in [9.17, 15) is 13.2 Å². The van der Waals surface area contributed by atoms with Crippen LogP contribution in [0, 0.1) is 0 Å². The summed E-state index contributed by atoms with van der Waals surface area (Å²) in [4.78, 5) is 12.1. The van der Waals surface area contributed by atoms with Gasteiger partial charge in [0.15, 0.2) is 0 Å². The van der Waals surface area contributed by atoms with Crippen molar-refractivity contribution in [2.24, 2.45) is 0 Å². The van der Waals surface area contributed by atoms with E-state index in [4.69, 9.17) is 23.2 Å². The minimum atomic E-state index is -3.83. The second kappa shape index (κ2) is 7.31. The van der Waals surface area contributed by atoms with Gasteiger partial charge in [0, 0.05) is 5.02 Å². The van der Waals surface area contributed by atoms with Crippen LogP contribution in [-0.4, -0.2) is 20.4 Å². The molecule has 5 nitrogen and oxygen atoms in total. The number of benzene rings is 2. The van der Waals surface area contributed by atoms with Crippen LogP contribution in [0.4, 0.5) is 5.69 Å². The monoisotopic (exact) mass is 372 g/mol. The van der Waals surface area contributed by atoms with Crippen LogP contribution in [0.15, 0.2) is 53.4 Å². The van der Waals surface area contributed by atoms with Gasteiger partial charge in [0.1, 0.15) is 0 Å². The number of hydrogen-bond acceptors (Lipinski definition) is 3. The molecule has 8 heteroatoms. The molecule has 0 heterocycles. The van der Waals surface area contributed by atoms with Crippen molar-refractivity contribution in [3.05, 3.63) is 58.6 Å². The summed E-state index contributed by atoms with van der Waals surface area (Å²) in [5, 5.41) is 3.37. The van der Waals surface area contributed by atoms with E-state index in [1.54, 1.807) is 24.3 Å². The smallest absolute Gasteiger partial charge is 0.242 e. The molecule has 0 saturated heterocycles. The van der Waals surface area contributed by atoms with Crippen molar-refractivity contribution >= 4 is 44.8 Å². The Balaban J connectivity index is 2.08. The summed E-state index contributed by atoms with van der Waals surface area (Å²) in [7, 11) is -3.83. The molecule has 0 aliphatic heterocycles. The Morgan fingerprint density at radius 1 is 1.04 bits per heavy atom. The molecule has 1 atom stereocenters. The molecule has 1 amide bonds. The van der Waals surface area contributed by atoms with Gasteiger partial charge < -0.3 is 5.32 Å². The molecule has 0 saturated carbocycles. The van der Waals surface area contributed by atoms with Crippen LogP contribution < -0.4 is 10.0 Å². The Bertz CT molecular complexity index is 808. The summed E-state index contributed by atoms with van der Waals surface area (Å²) in [6.45, 7) is 1.44. The van der Waals surface area contributed by atoms with Crippen LogP contribution in [0.25, 0.3) is 0 Å². The molecule has 2 aromatic rings. The largest absolute Gasteiger partial charge is 0.323 e. The van der Waals surface area contributed by atoms with E-state index >= 15 is 0 Å². The number of halogens is 2. The first-order valence-electron chi connectivity index (χ1n) is 6.63. The van der Waals surface area contributed by atoms with Gasteiger partial charge in [0.25, 0.3) is 0 Å². The Morgan fingerprint density at radius 2 is 1.65 bits per heavy atom. The molecule has 122 valence electrons. The molecule has 0 aliphatic rings. The minimum Gasteiger partial charge on any atom is -0.323 e. The highest BCUT2D eigenvalue weighted by Crippen LogP contribution is 2.20. The van der Waals surface area contributed by atoms with Crippen LogP contribution in [0.5, 0.6) is 0 Å². The number of sulfonamides is 1. The van der Waals surface area contributed by atoms with Gasteiger partial charge in [-0.1, -0.05) is 35.3 Å². The average molecular weight is 373 g/mol. The van der Waals surface area contributed by atoms with Gasteiger partial charge in [-0.2, -0.15) is 4.72 Å². The van der Waals surface area contributed by atoms with E-state index in [0.29, 0.717) is 15.7 Å². The highest BCUT2D eigenvalue weighted by Gasteiger charge is 2.22. The predicted molar refractivity (Wildman–Crippen MR) is 91.3 cm³/mol. The van der Waals surface area contributed by atoms with Crippen molar-refractivity contribution in [2.45, 2.75) is 17.9 Å². The maximum absolute atomic E-state index is 12.2. The molecule has 2 N–H and O–H groups in total. The van der Waals surface area contributed by atoms with E-state index in [1.165, 1.54) is 31.2 Å². The topological polar surface area (TPSA) is 75.3 Å². The summed E-state index contributed by atoms with van der Waals surface area (Å²) in [6, 6.07) is 11.4. The second-order valence-electron chi connectivity index (χ2n) is 4.77. The zero-order chi connectivity index (χ0) is 17.0. The molecule has 2 aromatic carbocycles. The molecule has 2 rings (SSSR count). The number of carbonyl (C=O) groups excluding carboxylic acids is 1. The normalized spacial score (nSPS) is 12.7. The van der Waals surface area contributed by atoms with Gasteiger partial charge in [0.05, 0.1) is 21.6 Å². The third-order valence-corrected chi connectivity index (χ3v) is 5.12. The summed E-state index contributed by atoms with van der Waals surface area (Å²) in [5.74, 6) is -0.518. The predicted octanol–water partition coefficient (Wildman–Crippen LogP) is 3.30. The summed E-state index contributed by atoms with van der Waals surface area (Å²) in [6.07, 6.45) is 0. The molecular weight excluding hydrogens is 359 g/mol. The summed E-state index contributed by atoms with van der Waals surface area (Å²) < 4.78 is 26.7. The molecule has 0 spiro atoms. The molecule has 1 unspecified atom stereocenters. The van der Waals surface area contributed by atoms with Crippen LogP contribution >= 0.6 is 23.2 Å². The zero-order valence-electron chi connectivity index (χ0n) is 12.1. The van der Waals surface area contributed by atoms with Gasteiger partial charge in [0.2, 0.25) is 15.9 Å². The van der Waals surface area contributed by atoms with Crippen molar-refractivity contribution < 1.29 is 13.2 Å². The fraction of sp³-hybridized carbons (Fsp3) is 0.133. The number of hydrogen-bond donors (Lipinski definition) is 2. The maximum atomic E-state index is 12.2. The number of amides is 1. The molecule has 23 heavy (non-hydrogen) atoms. The van der Waals surface area contributed by atoms with Crippen molar-refractivity contribution in [1.29, 1.82) is 0 Å². The Kier molecular flexibility index (Phi) is 5.64. The quantitative estimate of drug-likeness (QED) is 0.845. The van der Waals surface area contributed by atoms with Gasteiger partial charge in [-0.25, -0.2) is 8.42 Å². The number of carbonyl (C=O) groups is 1. The van der Waals surface area contributed by atoms with Crippen molar-refractivity contribution in [3.63, 3.8) is 0 Å². The minimum absolute atomic E-state index is 0.0271. The fourth-order valence-corrected chi connectivity index (χ4v) is 3.28. The Hall–Kier alpha value is -1.60. The van der Waals surface area contributed by atoms with E-state index in [1.807, 2.05) is 0 Å². The van der Waals surface area contributed by atoms with Gasteiger partial charge in [-0.05, 0) is 43.3 Å². The standard InChI is InChI=1S/C15H14Cl2N2O3S/c1-10(15(20)18-14-5-3-2-4-13(14)17)19-23(21,22)12-8-6-11(16)7-9-12/h2-10,19H,1H3,(H,18,20). The molecule has 0 aliphatic carbocycles. The SMILES string of the molecule is CC(NS(=O)(=O)c1ccc(Cl)cc1)C(=O)Nc1ccccc1Cl. The lowest BCUT2D eigenvalue weighted by atomic mass is 10.3. The highest BCUT2D eigenvalue weighted by atomic mass is 35.5. The summed E-state index contributed by atoms with van der Waals surface area (Å²) >= 11 is 11.7. The molecule has 0 fully saturated rings. The Morgan fingerprint density at radius 3 is 2.26 bits per heavy atom. The number of anilines is 1. The first kappa shape index (κ1) is 17.7. The third kappa shape index (κ3) is 4.68. The van der Waals surface area contributed by atoms with Crippen LogP contribution in [0.1, 0.15) is 6.92 Å². The van der Waals surface area contributed by atoms with E-state index in [2.05, 4.69) is 10.0 Å². The van der Waals surface area contributed by atoms with Crippen LogP contribution in [0.3, 0.4) is 0 Å². The molecular formula is C15H14Cl2N2O3S. The number of nitrogens with one attached hydrogen (secondary N) is 2.